The van der Waals surface area contributed by atoms with E-state index in [9.17, 15) is 9.90 Å². The lowest BCUT2D eigenvalue weighted by molar-refractivity contribution is 0.0888. The first-order chi connectivity index (χ1) is 9.03. The minimum absolute atomic E-state index is 0.0288. The van der Waals surface area contributed by atoms with Crippen molar-refractivity contribution in [2.24, 2.45) is 5.41 Å². The SMILES string of the molecule is CC(C)(C)CC(CO)NC(=O)c1cc(C(C)(C)C)on1. The van der Waals surface area contributed by atoms with E-state index in [1.807, 2.05) is 20.8 Å². The molecular formula is C15H26N2O3. The van der Waals surface area contributed by atoms with Crippen molar-refractivity contribution in [2.45, 2.75) is 59.4 Å². The molecule has 1 atom stereocenters. The monoisotopic (exact) mass is 282 g/mol. The van der Waals surface area contributed by atoms with E-state index >= 15 is 0 Å². The van der Waals surface area contributed by atoms with E-state index in [1.54, 1.807) is 6.07 Å². The Kier molecular flexibility index (Phi) is 4.97. The molecule has 0 aliphatic carbocycles. The molecule has 0 bridgehead atoms. The van der Waals surface area contributed by atoms with Crippen molar-refractivity contribution < 1.29 is 14.4 Å². The van der Waals surface area contributed by atoms with Gasteiger partial charge in [-0.1, -0.05) is 46.7 Å². The summed E-state index contributed by atoms with van der Waals surface area (Å²) in [5, 5.41) is 16.0. The summed E-state index contributed by atoms with van der Waals surface area (Å²) in [6.07, 6.45) is 0.694. The van der Waals surface area contributed by atoms with Crippen LogP contribution < -0.4 is 5.32 Å². The summed E-state index contributed by atoms with van der Waals surface area (Å²) >= 11 is 0. The number of aliphatic hydroxyl groups is 1. The van der Waals surface area contributed by atoms with Gasteiger partial charge in [-0.05, 0) is 11.8 Å². The Morgan fingerprint density at radius 2 is 1.95 bits per heavy atom. The molecule has 20 heavy (non-hydrogen) atoms. The maximum Gasteiger partial charge on any atom is 0.273 e. The molecule has 114 valence electrons. The lowest BCUT2D eigenvalue weighted by Gasteiger charge is -2.25. The summed E-state index contributed by atoms with van der Waals surface area (Å²) in [5.41, 5.74) is 0.0938. The normalized spacial score (nSPS) is 14.2. The van der Waals surface area contributed by atoms with Crippen molar-refractivity contribution in [1.82, 2.24) is 10.5 Å². The van der Waals surface area contributed by atoms with Gasteiger partial charge in [0.1, 0.15) is 5.76 Å². The van der Waals surface area contributed by atoms with E-state index in [1.165, 1.54) is 0 Å². The lowest BCUT2D eigenvalue weighted by Crippen LogP contribution is -2.40. The molecule has 1 aromatic heterocycles. The number of hydrogen-bond acceptors (Lipinski definition) is 4. The van der Waals surface area contributed by atoms with Gasteiger partial charge in [0.2, 0.25) is 0 Å². The van der Waals surface area contributed by atoms with Gasteiger partial charge in [0.05, 0.1) is 12.6 Å². The van der Waals surface area contributed by atoms with E-state index in [-0.39, 0.29) is 35.1 Å². The van der Waals surface area contributed by atoms with Crippen LogP contribution in [0.25, 0.3) is 0 Å². The number of rotatable bonds is 4. The fraction of sp³-hybridized carbons (Fsp3) is 0.733. The first-order valence-electron chi connectivity index (χ1n) is 6.92. The molecule has 0 saturated heterocycles. The van der Waals surface area contributed by atoms with E-state index in [0.29, 0.717) is 12.2 Å². The Labute approximate surface area is 120 Å². The quantitative estimate of drug-likeness (QED) is 0.889. The third kappa shape index (κ3) is 4.96. The summed E-state index contributed by atoms with van der Waals surface area (Å²) in [6, 6.07) is 1.37. The Morgan fingerprint density at radius 3 is 2.35 bits per heavy atom. The van der Waals surface area contributed by atoms with Crippen LogP contribution in [0.1, 0.15) is 64.2 Å². The highest BCUT2D eigenvalue weighted by molar-refractivity contribution is 5.92. The van der Waals surface area contributed by atoms with Gasteiger partial charge >= 0.3 is 0 Å². The molecule has 1 unspecified atom stereocenters. The molecule has 5 heteroatoms. The average molecular weight is 282 g/mol. The molecular weight excluding hydrogens is 256 g/mol. The number of amides is 1. The van der Waals surface area contributed by atoms with Crippen molar-refractivity contribution in [3.8, 4) is 0 Å². The molecule has 1 heterocycles. The van der Waals surface area contributed by atoms with Crippen LogP contribution in [0, 0.1) is 5.41 Å². The van der Waals surface area contributed by atoms with Crippen molar-refractivity contribution >= 4 is 5.91 Å². The Morgan fingerprint density at radius 1 is 1.35 bits per heavy atom. The molecule has 0 aliphatic rings. The molecule has 1 aromatic rings. The highest BCUT2D eigenvalue weighted by Gasteiger charge is 2.24. The largest absolute Gasteiger partial charge is 0.394 e. The van der Waals surface area contributed by atoms with Crippen LogP contribution >= 0.6 is 0 Å². The third-order valence-corrected chi connectivity index (χ3v) is 2.90. The maximum absolute atomic E-state index is 12.1. The summed E-state index contributed by atoms with van der Waals surface area (Å²) in [5.74, 6) is 0.353. The van der Waals surface area contributed by atoms with Gasteiger partial charge in [0.25, 0.3) is 5.91 Å². The summed E-state index contributed by atoms with van der Waals surface area (Å²) in [7, 11) is 0. The van der Waals surface area contributed by atoms with E-state index in [0.717, 1.165) is 0 Å². The summed E-state index contributed by atoms with van der Waals surface area (Å²) in [6.45, 7) is 12.1. The number of hydrogen-bond donors (Lipinski definition) is 2. The van der Waals surface area contributed by atoms with Gasteiger partial charge in [0.15, 0.2) is 5.69 Å². The van der Waals surface area contributed by atoms with Gasteiger partial charge in [0, 0.05) is 11.5 Å². The number of aromatic nitrogens is 1. The Balaban J connectivity index is 2.73. The molecule has 0 aliphatic heterocycles. The van der Waals surface area contributed by atoms with Gasteiger partial charge in [-0.25, -0.2) is 0 Å². The second kappa shape index (κ2) is 5.95. The standard InChI is InChI=1S/C15H26N2O3/c1-14(2,3)8-10(9-18)16-13(19)11-7-12(20-17-11)15(4,5)6/h7,10,18H,8-9H2,1-6H3,(H,16,19). The van der Waals surface area contributed by atoms with Crippen LogP contribution in [0.15, 0.2) is 10.6 Å². The van der Waals surface area contributed by atoms with Crippen molar-refractivity contribution in [2.75, 3.05) is 6.61 Å². The Bertz CT molecular complexity index is 452. The fourth-order valence-electron chi connectivity index (χ4n) is 1.90. The van der Waals surface area contributed by atoms with Gasteiger partial charge in [-0.3, -0.25) is 4.79 Å². The smallest absolute Gasteiger partial charge is 0.273 e. The second-order valence-electron chi connectivity index (χ2n) is 7.44. The molecule has 0 aromatic carbocycles. The first kappa shape index (κ1) is 16.7. The van der Waals surface area contributed by atoms with Gasteiger partial charge in [-0.15, -0.1) is 0 Å². The fourth-order valence-corrected chi connectivity index (χ4v) is 1.90. The Hall–Kier alpha value is -1.36. The number of nitrogens with zero attached hydrogens (tertiary/aromatic N) is 1. The number of aliphatic hydroxyl groups excluding tert-OH is 1. The third-order valence-electron chi connectivity index (χ3n) is 2.90. The number of nitrogens with one attached hydrogen (secondary N) is 1. The minimum Gasteiger partial charge on any atom is -0.394 e. The molecule has 0 saturated carbocycles. The van der Waals surface area contributed by atoms with Gasteiger partial charge in [-0.2, -0.15) is 0 Å². The molecule has 0 fully saturated rings. The van der Waals surface area contributed by atoms with Crippen LogP contribution in [-0.2, 0) is 5.41 Å². The predicted molar refractivity (Wildman–Crippen MR) is 77.6 cm³/mol. The molecule has 1 amide bonds. The molecule has 1 rings (SSSR count). The van der Waals surface area contributed by atoms with Crippen LogP contribution in [0.3, 0.4) is 0 Å². The molecule has 5 nitrogen and oxygen atoms in total. The number of carbonyl (C=O) groups is 1. The van der Waals surface area contributed by atoms with E-state index < -0.39 is 0 Å². The second-order valence-corrected chi connectivity index (χ2v) is 7.44. The zero-order valence-electron chi connectivity index (χ0n) is 13.3. The molecule has 0 radical (unpaired) electrons. The summed E-state index contributed by atoms with van der Waals surface area (Å²) < 4.78 is 5.19. The maximum atomic E-state index is 12.1. The van der Waals surface area contributed by atoms with Gasteiger partial charge < -0.3 is 14.9 Å². The average Bonchev–Trinajstić information content (AvgIpc) is 2.74. The van der Waals surface area contributed by atoms with Crippen LogP contribution in [-0.4, -0.2) is 28.8 Å². The minimum atomic E-state index is -0.312. The molecule has 0 spiro atoms. The lowest BCUT2D eigenvalue weighted by atomic mass is 9.88. The van der Waals surface area contributed by atoms with Crippen molar-refractivity contribution in [3.05, 3.63) is 17.5 Å². The molecule has 2 N–H and O–H groups in total. The van der Waals surface area contributed by atoms with E-state index in [4.69, 9.17) is 4.52 Å². The first-order valence-corrected chi connectivity index (χ1v) is 6.92. The highest BCUT2D eigenvalue weighted by Crippen LogP contribution is 2.23. The van der Waals surface area contributed by atoms with Crippen molar-refractivity contribution in [3.63, 3.8) is 0 Å². The van der Waals surface area contributed by atoms with E-state index in [2.05, 4.69) is 31.2 Å². The zero-order valence-corrected chi connectivity index (χ0v) is 13.3. The summed E-state index contributed by atoms with van der Waals surface area (Å²) in [4.78, 5) is 12.1. The van der Waals surface area contributed by atoms with Crippen LogP contribution in [0.2, 0.25) is 0 Å². The van der Waals surface area contributed by atoms with Crippen LogP contribution in [0.5, 0.6) is 0 Å². The number of carbonyl (C=O) groups excluding carboxylic acids is 1. The predicted octanol–water partition coefficient (Wildman–Crippen LogP) is 2.50. The van der Waals surface area contributed by atoms with Crippen LogP contribution in [0.4, 0.5) is 0 Å². The van der Waals surface area contributed by atoms with Crippen molar-refractivity contribution in [1.29, 1.82) is 0 Å². The zero-order chi connectivity index (χ0) is 15.6. The topological polar surface area (TPSA) is 75.4 Å². The highest BCUT2D eigenvalue weighted by atomic mass is 16.5.